The summed E-state index contributed by atoms with van der Waals surface area (Å²) in [5.74, 6) is 0.271. The second-order valence-corrected chi connectivity index (χ2v) is 5.92. The molecule has 2 unspecified atom stereocenters. The van der Waals surface area contributed by atoms with Gasteiger partial charge in [-0.05, 0) is 19.3 Å². The zero-order valence-electron chi connectivity index (χ0n) is 10.9. The van der Waals surface area contributed by atoms with Gasteiger partial charge in [0.05, 0.1) is 6.10 Å². The summed E-state index contributed by atoms with van der Waals surface area (Å²) in [6, 6.07) is 0.351. The molecule has 98 valence electrons. The lowest BCUT2D eigenvalue weighted by Crippen LogP contribution is -2.60. The van der Waals surface area contributed by atoms with Gasteiger partial charge >= 0.3 is 0 Å². The zero-order valence-corrected chi connectivity index (χ0v) is 10.9. The molecule has 1 aliphatic carbocycles. The molecule has 0 aromatic rings. The molecule has 2 atom stereocenters. The average molecular weight is 240 g/mol. The highest BCUT2D eigenvalue weighted by molar-refractivity contribution is 5.76. The van der Waals surface area contributed by atoms with Crippen LogP contribution in [0.15, 0.2) is 0 Å². The van der Waals surface area contributed by atoms with Crippen LogP contribution in [0.3, 0.4) is 0 Å². The van der Waals surface area contributed by atoms with Gasteiger partial charge in [0.25, 0.3) is 0 Å². The van der Waals surface area contributed by atoms with Gasteiger partial charge in [-0.25, -0.2) is 0 Å². The van der Waals surface area contributed by atoms with Crippen LogP contribution < -0.4 is 5.32 Å². The number of nitrogens with one attached hydrogen (secondary N) is 1. The molecule has 2 N–H and O–H groups in total. The van der Waals surface area contributed by atoms with Crippen molar-refractivity contribution in [1.29, 1.82) is 0 Å². The van der Waals surface area contributed by atoms with Crippen molar-refractivity contribution < 1.29 is 9.90 Å². The highest BCUT2D eigenvalue weighted by atomic mass is 16.3. The van der Waals surface area contributed by atoms with Crippen molar-refractivity contribution in [2.45, 2.75) is 51.7 Å². The zero-order chi connectivity index (χ0) is 12.5. The molecular formula is C13H24N2O2. The first-order valence-electron chi connectivity index (χ1n) is 6.71. The lowest BCUT2D eigenvalue weighted by atomic mass is 9.64. The van der Waals surface area contributed by atoms with Gasteiger partial charge in [0.1, 0.15) is 0 Å². The topological polar surface area (TPSA) is 52.6 Å². The third-order valence-corrected chi connectivity index (χ3v) is 4.40. The Morgan fingerprint density at radius 3 is 2.59 bits per heavy atom. The molecule has 1 saturated heterocycles. The van der Waals surface area contributed by atoms with Crippen molar-refractivity contribution in [3.63, 3.8) is 0 Å². The van der Waals surface area contributed by atoms with Crippen molar-refractivity contribution in [2.24, 2.45) is 5.41 Å². The van der Waals surface area contributed by atoms with Gasteiger partial charge in [0.2, 0.25) is 5.91 Å². The molecular weight excluding hydrogens is 216 g/mol. The third kappa shape index (κ3) is 2.63. The van der Waals surface area contributed by atoms with Crippen molar-refractivity contribution in [3.8, 4) is 0 Å². The SMILES string of the molecule is CC1(C)C(O)CC1NCCC(=O)N1CCCC1. The van der Waals surface area contributed by atoms with Crippen LogP contribution in [0.1, 0.15) is 39.5 Å². The molecule has 1 heterocycles. The number of likely N-dealkylation sites (tertiary alicyclic amines) is 1. The Balaban J connectivity index is 1.65. The van der Waals surface area contributed by atoms with Gasteiger partial charge in [-0.15, -0.1) is 0 Å². The van der Waals surface area contributed by atoms with Crippen LogP contribution in [0.2, 0.25) is 0 Å². The summed E-state index contributed by atoms with van der Waals surface area (Å²) in [6.45, 7) is 6.75. The molecule has 2 fully saturated rings. The molecule has 0 aromatic heterocycles. The summed E-state index contributed by atoms with van der Waals surface area (Å²) in [5, 5.41) is 13.0. The Morgan fingerprint density at radius 1 is 1.41 bits per heavy atom. The van der Waals surface area contributed by atoms with E-state index in [1.54, 1.807) is 0 Å². The monoisotopic (exact) mass is 240 g/mol. The standard InChI is InChI=1S/C13H24N2O2/c1-13(2)10(9-11(13)16)14-6-5-12(17)15-7-3-4-8-15/h10-11,14,16H,3-9H2,1-2H3. The van der Waals surface area contributed by atoms with Gasteiger partial charge < -0.3 is 15.3 Å². The summed E-state index contributed by atoms with van der Waals surface area (Å²) in [7, 11) is 0. The minimum atomic E-state index is -0.200. The maximum absolute atomic E-state index is 11.8. The maximum Gasteiger partial charge on any atom is 0.223 e. The number of amides is 1. The normalized spacial score (nSPS) is 31.4. The van der Waals surface area contributed by atoms with E-state index in [1.807, 2.05) is 4.90 Å². The van der Waals surface area contributed by atoms with E-state index in [-0.39, 0.29) is 17.4 Å². The van der Waals surface area contributed by atoms with Crippen molar-refractivity contribution in [3.05, 3.63) is 0 Å². The van der Waals surface area contributed by atoms with E-state index in [0.717, 1.165) is 38.9 Å². The minimum Gasteiger partial charge on any atom is -0.392 e. The summed E-state index contributed by atoms with van der Waals surface area (Å²) >= 11 is 0. The van der Waals surface area contributed by atoms with E-state index in [9.17, 15) is 9.90 Å². The number of aliphatic hydroxyl groups is 1. The Bertz CT molecular complexity index is 285. The van der Waals surface area contributed by atoms with Crippen molar-refractivity contribution >= 4 is 5.91 Å². The Labute approximate surface area is 103 Å². The van der Waals surface area contributed by atoms with Crippen LogP contribution in [-0.4, -0.2) is 47.7 Å². The van der Waals surface area contributed by atoms with Crippen molar-refractivity contribution in [1.82, 2.24) is 10.2 Å². The molecule has 1 aliphatic heterocycles. The number of rotatable bonds is 4. The number of carbonyl (C=O) groups is 1. The van der Waals surface area contributed by atoms with Crippen LogP contribution in [0.4, 0.5) is 0 Å². The van der Waals surface area contributed by atoms with E-state index < -0.39 is 0 Å². The number of carbonyl (C=O) groups excluding carboxylic acids is 1. The molecule has 17 heavy (non-hydrogen) atoms. The first-order valence-corrected chi connectivity index (χ1v) is 6.71. The second-order valence-electron chi connectivity index (χ2n) is 5.92. The van der Waals surface area contributed by atoms with Crippen LogP contribution >= 0.6 is 0 Å². The highest BCUT2D eigenvalue weighted by Crippen LogP contribution is 2.40. The Kier molecular flexibility index (Phi) is 3.73. The number of aliphatic hydroxyl groups excluding tert-OH is 1. The van der Waals surface area contributed by atoms with E-state index in [4.69, 9.17) is 0 Å². The minimum absolute atomic E-state index is 0.0449. The fourth-order valence-corrected chi connectivity index (χ4v) is 2.73. The molecule has 0 spiro atoms. The van der Waals surface area contributed by atoms with Gasteiger partial charge in [0.15, 0.2) is 0 Å². The van der Waals surface area contributed by atoms with Gasteiger partial charge in [0, 0.05) is 37.5 Å². The maximum atomic E-state index is 11.8. The van der Waals surface area contributed by atoms with Crippen LogP contribution in [0, 0.1) is 5.41 Å². The van der Waals surface area contributed by atoms with Crippen LogP contribution in [0.25, 0.3) is 0 Å². The smallest absolute Gasteiger partial charge is 0.223 e. The molecule has 1 amide bonds. The van der Waals surface area contributed by atoms with E-state index in [0.29, 0.717) is 12.5 Å². The molecule has 0 radical (unpaired) electrons. The summed E-state index contributed by atoms with van der Waals surface area (Å²) in [6.07, 6.45) is 3.50. The lowest BCUT2D eigenvalue weighted by molar-refractivity contribution is -0.130. The highest BCUT2D eigenvalue weighted by Gasteiger charge is 2.46. The molecule has 0 aromatic carbocycles. The number of hydrogen-bond donors (Lipinski definition) is 2. The largest absolute Gasteiger partial charge is 0.392 e. The van der Waals surface area contributed by atoms with Gasteiger partial charge in [-0.1, -0.05) is 13.8 Å². The molecule has 4 nitrogen and oxygen atoms in total. The molecule has 0 bridgehead atoms. The fourth-order valence-electron chi connectivity index (χ4n) is 2.73. The molecule has 1 saturated carbocycles. The summed E-state index contributed by atoms with van der Waals surface area (Å²) < 4.78 is 0. The summed E-state index contributed by atoms with van der Waals surface area (Å²) in [4.78, 5) is 13.8. The summed E-state index contributed by atoms with van der Waals surface area (Å²) in [5.41, 5.74) is -0.0449. The fraction of sp³-hybridized carbons (Fsp3) is 0.923. The van der Waals surface area contributed by atoms with E-state index in [1.165, 1.54) is 0 Å². The van der Waals surface area contributed by atoms with Gasteiger partial charge in [-0.2, -0.15) is 0 Å². The van der Waals surface area contributed by atoms with Crippen molar-refractivity contribution in [2.75, 3.05) is 19.6 Å². The lowest BCUT2D eigenvalue weighted by Gasteiger charge is -2.49. The molecule has 2 aliphatic rings. The predicted molar refractivity (Wildman–Crippen MR) is 66.6 cm³/mol. The van der Waals surface area contributed by atoms with Gasteiger partial charge in [-0.3, -0.25) is 4.79 Å². The predicted octanol–water partition coefficient (Wildman–Crippen LogP) is 0.748. The first-order chi connectivity index (χ1) is 8.01. The van der Waals surface area contributed by atoms with Crippen LogP contribution in [0.5, 0.6) is 0 Å². The van der Waals surface area contributed by atoms with Crippen LogP contribution in [-0.2, 0) is 4.79 Å². The van der Waals surface area contributed by atoms with E-state index in [2.05, 4.69) is 19.2 Å². The average Bonchev–Trinajstić information content (AvgIpc) is 2.81. The third-order valence-electron chi connectivity index (χ3n) is 4.40. The molecule has 2 rings (SSSR count). The quantitative estimate of drug-likeness (QED) is 0.762. The van der Waals surface area contributed by atoms with E-state index >= 15 is 0 Å². The second kappa shape index (κ2) is 4.94. The Morgan fingerprint density at radius 2 is 2.06 bits per heavy atom. The number of nitrogens with zero attached hydrogens (tertiary/aromatic N) is 1. The first kappa shape index (κ1) is 12.8. The Hall–Kier alpha value is -0.610. The molecule has 4 heteroatoms. The number of hydrogen-bond acceptors (Lipinski definition) is 3.